The summed E-state index contributed by atoms with van der Waals surface area (Å²) in [5.74, 6) is 1.70. The van der Waals surface area contributed by atoms with E-state index in [1.165, 1.54) is 0 Å². The first-order chi connectivity index (χ1) is 10.3. The lowest BCUT2D eigenvalue weighted by Crippen LogP contribution is -2.44. The van der Waals surface area contributed by atoms with E-state index in [1.807, 2.05) is 30.3 Å². The van der Waals surface area contributed by atoms with Crippen molar-refractivity contribution in [1.82, 2.24) is 9.88 Å². The highest BCUT2D eigenvalue weighted by Gasteiger charge is 2.15. The fourth-order valence-corrected chi connectivity index (χ4v) is 2.43. The second-order valence-electron chi connectivity index (χ2n) is 5.40. The van der Waals surface area contributed by atoms with Gasteiger partial charge in [-0.2, -0.15) is 4.98 Å². The van der Waals surface area contributed by atoms with Gasteiger partial charge >= 0.3 is 0 Å². The van der Waals surface area contributed by atoms with E-state index in [0.29, 0.717) is 12.5 Å². The summed E-state index contributed by atoms with van der Waals surface area (Å²) < 4.78 is 5.80. The van der Waals surface area contributed by atoms with Crippen LogP contribution in [0.4, 0.5) is 5.82 Å². The lowest BCUT2D eigenvalue weighted by Gasteiger charge is -2.33. The van der Waals surface area contributed by atoms with Crippen LogP contribution in [0.3, 0.4) is 0 Å². The molecule has 1 aliphatic heterocycles. The third-order valence-electron chi connectivity index (χ3n) is 3.77. The topological polar surface area (TPSA) is 28.6 Å². The summed E-state index contributed by atoms with van der Waals surface area (Å²) in [4.78, 5) is 9.28. The van der Waals surface area contributed by atoms with Gasteiger partial charge in [-0.3, -0.25) is 0 Å². The highest BCUT2D eigenvalue weighted by atomic mass is 16.5. The Morgan fingerprint density at radius 3 is 2.48 bits per heavy atom. The average molecular weight is 283 g/mol. The zero-order valence-corrected chi connectivity index (χ0v) is 12.4. The Morgan fingerprint density at radius 1 is 0.952 bits per heavy atom. The van der Waals surface area contributed by atoms with Gasteiger partial charge in [-0.25, -0.2) is 0 Å². The van der Waals surface area contributed by atoms with Crippen LogP contribution in [0.1, 0.15) is 5.56 Å². The number of hydrogen-bond acceptors (Lipinski definition) is 4. The monoisotopic (exact) mass is 283 g/mol. The summed E-state index contributed by atoms with van der Waals surface area (Å²) in [6.45, 7) is 4.75. The minimum Gasteiger partial charge on any atom is -0.473 e. The van der Waals surface area contributed by atoms with Crippen LogP contribution < -0.4 is 9.64 Å². The fraction of sp³-hybridized carbons (Fsp3) is 0.353. The summed E-state index contributed by atoms with van der Waals surface area (Å²) in [6, 6.07) is 16.2. The molecule has 2 aromatic rings. The molecule has 0 radical (unpaired) electrons. The molecular formula is C17H21N3O. The van der Waals surface area contributed by atoms with E-state index in [9.17, 15) is 0 Å². The van der Waals surface area contributed by atoms with Crippen LogP contribution >= 0.6 is 0 Å². The zero-order chi connectivity index (χ0) is 14.5. The van der Waals surface area contributed by atoms with Gasteiger partial charge in [0.15, 0.2) is 0 Å². The minimum atomic E-state index is 0.556. The molecular weight excluding hydrogens is 262 g/mol. The zero-order valence-electron chi connectivity index (χ0n) is 12.4. The van der Waals surface area contributed by atoms with E-state index in [0.717, 1.165) is 37.6 Å². The Morgan fingerprint density at radius 2 is 1.71 bits per heavy atom. The van der Waals surface area contributed by atoms with Gasteiger partial charge < -0.3 is 14.5 Å². The van der Waals surface area contributed by atoms with Crippen LogP contribution in [0.25, 0.3) is 0 Å². The van der Waals surface area contributed by atoms with Gasteiger partial charge in [-0.05, 0) is 18.7 Å². The molecule has 1 fully saturated rings. The van der Waals surface area contributed by atoms with Gasteiger partial charge in [0.25, 0.3) is 0 Å². The van der Waals surface area contributed by atoms with Gasteiger partial charge in [-0.1, -0.05) is 36.4 Å². The number of likely N-dealkylation sites (N-methyl/N-ethyl adjacent to an activating group) is 1. The maximum Gasteiger partial charge on any atom is 0.215 e. The van der Waals surface area contributed by atoms with Crippen molar-refractivity contribution in [2.75, 3.05) is 38.1 Å². The first-order valence-electron chi connectivity index (χ1n) is 7.38. The van der Waals surface area contributed by atoms with E-state index in [4.69, 9.17) is 4.74 Å². The molecule has 0 unspecified atom stereocenters. The molecule has 0 spiro atoms. The van der Waals surface area contributed by atoms with Crippen LogP contribution in [0.15, 0.2) is 48.5 Å². The molecule has 0 atom stereocenters. The van der Waals surface area contributed by atoms with Crippen LogP contribution in [-0.2, 0) is 6.61 Å². The van der Waals surface area contributed by atoms with E-state index in [2.05, 4.69) is 40.0 Å². The van der Waals surface area contributed by atoms with Gasteiger partial charge in [0.1, 0.15) is 12.4 Å². The third-order valence-corrected chi connectivity index (χ3v) is 3.77. The molecule has 0 N–H and O–H groups in total. The summed E-state index contributed by atoms with van der Waals surface area (Å²) in [6.07, 6.45) is 0. The second-order valence-corrected chi connectivity index (χ2v) is 5.40. The van der Waals surface area contributed by atoms with E-state index in [1.54, 1.807) is 0 Å². The number of nitrogens with zero attached hydrogens (tertiary/aromatic N) is 3. The largest absolute Gasteiger partial charge is 0.473 e. The van der Waals surface area contributed by atoms with Crippen LogP contribution in [0, 0.1) is 0 Å². The number of ether oxygens (including phenoxy) is 1. The molecule has 1 aliphatic rings. The average Bonchev–Trinajstić information content (AvgIpc) is 2.55. The van der Waals surface area contributed by atoms with Crippen LogP contribution in [0.5, 0.6) is 5.88 Å². The van der Waals surface area contributed by atoms with E-state index >= 15 is 0 Å². The van der Waals surface area contributed by atoms with Crippen LogP contribution in [-0.4, -0.2) is 43.1 Å². The summed E-state index contributed by atoms with van der Waals surface area (Å²) in [5.41, 5.74) is 1.16. The molecule has 0 aliphatic carbocycles. The van der Waals surface area contributed by atoms with Crippen molar-refractivity contribution in [2.24, 2.45) is 0 Å². The molecule has 0 saturated carbocycles. The first kappa shape index (κ1) is 13.9. The highest BCUT2D eigenvalue weighted by molar-refractivity contribution is 5.41. The van der Waals surface area contributed by atoms with Crippen molar-refractivity contribution in [1.29, 1.82) is 0 Å². The van der Waals surface area contributed by atoms with E-state index in [-0.39, 0.29) is 0 Å². The molecule has 4 heteroatoms. The molecule has 3 rings (SSSR count). The van der Waals surface area contributed by atoms with Gasteiger partial charge in [0.2, 0.25) is 5.88 Å². The van der Waals surface area contributed by atoms with Crippen molar-refractivity contribution in [3.05, 3.63) is 54.1 Å². The number of hydrogen-bond donors (Lipinski definition) is 0. The normalized spacial score (nSPS) is 16.0. The molecule has 1 aromatic carbocycles. The first-order valence-corrected chi connectivity index (χ1v) is 7.38. The Hall–Kier alpha value is -2.07. The van der Waals surface area contributed by atoms with Crippen molar-refractivity contribution in [3.63, 3.8) is 0 Å². The minimum absolute atomic E-state index is 0.556. The summed E-state index contributed by atoms with van der Waals surface area (Å²) >= 11 is 0. The van der Waals surface area contributed by atoms with E-state index < -0.39 is 0 Å². The molecule has 0 bridgehead atoms. The number of rotatable bonds is 4. The smallest absolute Gasteiger partial charge is 0.215 e. The number of piperazine rings is 1. The predicted molar refractivity (Wildman–Crippen MR) is 84.7 cm³/mol. The Balaban J connectivity index is 1.63. The lowest BCUT2D eigenvalue weighted by molar-refractivity contribution is 0.291. The number of anilines is 1. The molecule has 21 heavy (non-hydrogen) atoms. The quantitative estimate of drug-likeness (QED) is 0.861. The van der Waals surface area contributed by atoms with Gasteiger partial charge in [0, 0.05) is 32.2 Å². The Labute approximate surface area is 126 Å². The van der Waals surface area contributed by atoms with Crippen molar-refractivity contribution in [2.45, 2.75) is 6.61 Å². The fourth-order valence-electron chi connectivity index (χ4n) is 2.43. The van der Waals surface area contributed by atoms with Gasteiger partial charge in [-0.15, -0.1) is 0 Å². The summed E-state index contributed by atoms with van der Waals surface area (Å²) in [5, 5.41) is 0. The van der Waals surface area contributed by atoms with Gasteiger partial charge in [0.05, 0.1) is 0 Å². The molecule has 1 aromatic heterocycles. The molecule has 0 amide bonds. The number of benzene rings is 1. The molecule has 1 saturated heterocycles. The SMILES string of the molecule is CN1CCN(c2cccc(OCc3ccccc3)n2)CC1. The third kappa shape index (κ3) is 3.73. The lowest BCUT2D eigenvalue weighted by atomic mass is 10.2. The Kier molecular flexibility index (Phi) is 4.36. The second kappa shape index (κ2) is 6.59. The van der Waals surface area contributed by atoms with Crippen LogP contribution in [0.2, 0.25) is 0 Å². The molecule has 2 heterocycles. The Bertz CT molecular complexity index is 565. The molecule has 4 nitrogen and oxygen atoms in total. The maximum atomic E-state index is 5.80. The standard InChI is InChI=1S/C17H21N3O/c1-19-10-12-20(13-11-19)16-8-5-9-17(18-16)21-14-15-6-3-2-4-7-15/h2-9H,10-14H2,1H3. The predicted octanol–water partition coefficient (Wildman–Crippen LogP) is 2.41. The van der Waals surface area contributed by atoms with Crippen molar-refractivity contribution >= 4 is 5.82 Å². The maximum absolute atomic E-state index is 5.80. The summed E-state index contributed by atoms with van der Waals surface area (Å²) in [7, 11) is 2.16. The molecule has 110 valence electrons. The highest BCUT2D eigenvalue weighted by Crippen LogP contribution is 2.18. The van der Waals surface area contributed by atoms with Crippen molar-refractivity contribution in [3.8, 4) is 5.88 Å². The number of aromatic nitrogens is 1. The van der Waals surface area contributed by atoms with Crippen molar-refractivity contribution < 1.29 is 4.74 Å². The number of pyridine rings is 1.